The van der Waals surface area contributed by atoms with Gasteiger partial charge in [-0.05, 0) is 18.2 Å². The van der Waals surface area contributed by atoms with Crippen molar-refractivity contribution < 1.29 is 14.3 Å². The lowest BCUT2D eigenvalue weighted by atomic mass is 10.1. The molecular weight excluding hydrogens is 362 g/mol. The van der Waals surface area contributed by atoms with Gasteiger partial charge in [-0.3, -0.25) is 9.20 Å². The van der Waals surface area contributed by atoms with Crippen LogP contribution in [-0.4, -0.2) is 29.0 Å². The van der Waals surface area contributed by atoms with E-state index in [2.05, 4.69) is 10.3 Å². The van der Waals surface area contributed by atoms with Gasteiger partial charge in [0.2, 0.25) is 0 Å². The van der Waals surface area contributed by atoms with E-state index in [-0.39, 0.29) is 12.5 Å². The number of rotatable bonds is 6. The van der Waals surface area contributed by atoms with E-state index in [4.69, 9.17) is 9.47 Å². The summed E-state index contributed by atoms with van der Waals surface area (Å²) in [6.07, 6.45) is 3.90. The molecule has 0 aliphatic heterocycles. The normalized spacial score (nSPS) is 10.7. The van der Waals surface area contributed by atoms with E-state index in [1.165, 1.54) is 0 Å². The highest BCUT2D eigenvalue weighted by atomic mass is 32.1. The first-order valence-electron chi connectivity index (χ1n) is 8.32. The van der Waals surface area contributed by atoms with Crippen LogP contribution in [0.15, 0.2) is 66.3 Å². The maximum absolute atomic E-state index is 12.4. The standard InChI is InChI=1S/C20H17N3O3S/c1-25-17-8-4-5-9-18(17)26-13-19(24)21-15-7-3-2-6-14(15)16-12-23-10-11-27-20(23)22-16/h2-12H,13H2,1H3,(H,21,24). The third kappa shape index (κ3) is 3.63. The Hall–Kier alpha value is -3.32. The van der Waals surface area contributed by atoms with Crippen LogP contribution in [-0.2, 0) is 4.79 Å². The molecule has 1 N–H and O–H groups in total. The number of aromatic nitrogens is 2. The van der Waals surface area contributed by atoms with Gasteiger partial charge in [0.1, 0.15) is 0 Å². The van der Waals surface area contributed by atoms with Gasteiger partial charge in [0, 0.05) is 23.3 Å². The molecule has 2 aromatic carbocycles. The second kappa shape index (κ2) is 7.51. The van der Waals surface area contributed by atoms with Crippen molar-refractivity contribution in [1.82, 2.24) is 9.38 Å². The molecule has 0 atom stereocenters. The molecule has 0 saturated carbocycles. The zero-order valence-electron chi connectivity index (χ0n) is 14.6. The van der Waals surface area contributed by atoms with E-state index < -0.39 is 0 Å². The number of nitrogens with one attached hydrogen (secondary N) is 1. The van der Waals surface area contributed by atoms with Crippen molar-refractivity contribution in [3.8, 4) is 22.8 Å². The fourth-order valence-corrected chi connectivity index (χ4v) is 3.44. The van der Waals surface area contributed by atoms with Gasteiger partial charge in [0.15, 0.2) is 23.1 Å². The Morgan fingerprint density at radius 3 is 2.74 bits per heavy atom. The number of anilines is 1. The van der Waals surface area contributed by atoms with Crippen molar-refractivity contribution in [3.63, 3.8) is 0 Å². The van der Waals surface area contributed by atoms with Crippen molar-refractivity contribution >= 4 is 27.9 Å². The first kappa shape index (κ1) is 17.1. The topological polar surface area (TPSA) is 64.9 Å². The molecule has 1 amide bonds. The quantitative estimate of drug-likeness (QED) is 0.548. The number of imidazole rings is 1. The zero-order chi connectivity index (χ0) is 18.6. The Labute approximate surface area is 160 Å². The van der Waals surface area contributed by atoms with Crippen molar-refractivity contribution in [2.75, 3.05) is 19.0 Å². The molecule has 0 unspecified atom stereocenters. The molecule has 0 spiro atoms. The first-order chi connectivity index (χ1) is 13.2. The Kier molecular flexibility index (Phi) is 4.76. The van der Waals surface area contributed by atoms with Gasteiger partial charge in [0.05, 0.1) is 18.5 Å². The summed E-state index contributed by atoms with van der Waals surface area (Å²) in [7, 11) is 1.56. The monoisotopic (exact) mass is 379 g/mol. The summed E-state index contributed by atoms with van der Waals surface area (Å²) in [5.74, 6) is 0.857. The summed E-state index contributed by atoms with van der Waals surface area (Å²) in [5, 5.41) is 4.88. The number of nitrogens with zero attached hydrogens (tertiary/aromatic N) is 2. The van der Waals surface area contributed by atoms with Gasteiger partial charge < -0.3 is 14.8 Å². The van der Waals surface area contributed by atoms with Gasteiger partial charge in [-0.1, -0.05) is 30.3 Å². The zero-order valence-corrected chi connectivity index (χ0v) is 15.4. The van der Waals surface area contributed by atoms with Gasteiger partial charge in [-0.15, -0.1) is 11.3 Å². The van der Waals surface area contributed by atoms with E-state index in [1.54, 1.807) is 30.6 Å². The minimum Gasteiger partial charge on any atom is -0.493 e. The number of hydrogen-bond donors (Lipinski definition) is 1. The van der Waals surface area contributed by atoms with Crippen molar-refractivity contribution in [1.29, 1.82) is 0 Å². The van der Waals surface area contributed by atoms with E-state index in [9.17, 15) is 4.79 Å². The molecule has 6 nitrogen and oxygen atoms in total. The highest BCUT2D eigenvalue weighted by molar-refractivity contribution is 7.15. The maximum Gasteiger partial charge on any atom is 0.262 e. The maximum atomic E-state index is 12.4. The summed E-state index contributed by atoms with van der Waals surface area (Å²) in [6, 6.07) is 14.8. The van der Waals surface area contributed by atoms with Gasteiger partial charge >= 0.3 is 0 Å². The molecule has 27 heavy (non-hydrogen) atoms. The molecule has 0 aliphatic rings. The molecule has 7 heteroatoms. The summed E-state index contributed by atoms with van der Waals surface area (Å²) in [5.41, 5.74) is 2.36. The summed E-state index contributed by atoms with van der Waals surface area (Å²) in [4.78, 5) is 17.9. The minimum absolute atomic E-state index is 0.118. The number of methoxy groups -OCH3 is 1. The Bertz CT molecular complexity index is 1060. The molecular formula is C20H17N3O3S. The molecule has 136 valence electrons. The summed E-state index contributed by atoms with van der Waals surface area (Å²) >= 11 is 1.56. The third-order valence-electron chi connectivity index (χ3n) is 4.00. The molecule has 2 heterocycles. The average Bonchev–Trinajstić information content (AvgIpc) is 3.29. The molecule has 4 aromatic rings. The average molecular weight is 379 g/mol. The van der Waals surface area contributed by atoms with E-state index >= 15 is 0 Å². The number of amides is 1. The van der Waals surface area contributed by atoms with Crippen molar-refractivity contribution in [2.45, 2.75) is 0 Å². The lowest BCUT2D eigenvalue weighted by Gasteiger charge is -2.12. The molecule has 4 rings (SSSR count). The van der Waals surface area contributed by atoms with E-state index in [1.807, 2.05) is 58.6 Å². The third-order valence-corrected chi connectivity index (χ3v) is 4.77. The van der Waals surface area contributed by atoms with Gasteiger partial charge in [-0.2, -0.15) is 0 Å². The Morgan fingerprint density at radius 1 is 1.15 bits per heavy atom. The van der Waals surface area contributed by atoms with Crippen LogP contribution in [0.2, 0.25) is 0 Å². The predicted octanol–water partition coefficient (Wildman–Crippen LogP) is 4.09. The first-order valence-corrected chi connectivity index (χ1v) is 9.20. The fourth-order valence-electron chi connectivity index (χ4n) is 2.74. The van der Waals surface area contributed by atoms with Crippen LogP contribution in [0.4, 0.5) is 5.69 Å². The largest absolute Gasteiger partial charge is 0.493 e. The van der Waals surface area contributed by atoms with Crippen LogP contribution in [0.1, 0.15) is 0 Å². The van der Waals surface area contributed by atoms with Crippen molar-refractivity contribution in [2.24, 2.45) is 0 Å². The molecule has 2 aromatic heterocycles. The second-order valence-corrected chi connectivity index (χ2v) is 6.63. The number of thiazole rings is 1. The van der Waals surface area contributed by atoms with Crippen LogP contribution in [0.25, 0.3) is 16.2 Å². The molecule has 0 fully saturated rings. The highest BCUT2D eigenvalue weighted by Crippen LogP contribution is 2.29. The minimum atomic E-state index is -0.255. The van der Waals surface area contributed by atoms with Crippen LogP contribution in [0, 0.1) is 0 Å². The Morgan fingerprint density at radius 2 is 1.93 bits per heavy atom. The number of para-hydroxylation sites is 3. The predicted molar refractivity (Wildman–Crippen MR) is 106 cm³/mol. The summed E-state index contributed by atoms with van der Waals surface area (Å²) in [6.45, 7) is -0.118. The van der Waals surface area contributed by atoms with Crippen LogP contribution < -0.4 is 14.8 Å². The molecule has 0 bridgehead atoms. The molecule has 0 radical (unpaired) electrons. The SMILES string of the molecule is COc1ccccc1OCC(=O)Nc1ccccc1-c1cn2ccsc2n1. The van der Waals surface area contributed by atoms with E-state index in [0.717, 1.165) is 16.2 Å². The van der Waals surface area contributed by atoms with Crippen LogP contribution in [0.5, 0.6) is 11.5 Å². The fraction of sp³-hybridized carbons (Fsp3) is 0.100. The van der Waals surface area contributed by atoms with Gasteiger partial charge in [0.25, 0.3) is 5.91 Å². The number of carbonyl (C=O) groups excluding carboxylic acids is 1. The number of ether oxygens (including phenoxy) is 2. The highest BCUT2D eigenvalue weighted by Gasteiger charge is 2.13. The smallest absolute Gasteiger partial charge is 0.262 e. The molecule has 0 saturated heterocycles. The lowest BCUT2D eigenvalue weighted by Crippen LogP contribution is -2.20. The number of fused-ring (bicyclic) bond motifs is 1. The van der Waals surface area contributed by atoms with Crippen LogP contribution >= 0.6 is 11.3 Å². The Balaban J connectivity index is 1.49. The van der Waals surface area contributed by atoms with Crippen LogP contribution in [0.3, 0.4) is 0 Å². The second-order valence-electron chi connectivity index (χ2n) is 5.75. The molecule has 0 aliphatic carbocycles. The number of carbonyl (C=O) groups is 1. The van der Waals surface area contributed by atoms with E-state index in [0.29, 0.717) is 17.2 Å². The van der Waals surface area contributed by atoms with Gasteiger partial charge in [-0.25, -0.2) is 4.98 Å². The number of hydrogen-bond acceptors (Lipinski definition) is 5. The summed E-state index contributed by atoms with van der Waals surface area (Å²) < 4.78 is 12.8. The number of benzene rings is 2. The lowest BCUT2D eigenvalue weighted by molar-refractivity contribution is -0.118. The van der Waals surface area contributed by atoms with Crippen molar-refractivity contribution in [3.05, 3.63) is 66.3 Å².